The zero-order valence-corrected chi connectivity index (χ0v) is 17.2. The smallest absolute Gasteiger partial charge is 0.260 e. The molecule has 6 heteroatoms. The van der Waals surface area contributed by atoms with Gasteiger partial charge in [-0.15, -0.1) is 0 Å². The lowest BCUT2D eigenvalue weighted by molar-refractivity contribution is -0.133. The van der Waals surface area contributed by atoms with E-state index in [2.05, 4.69) is 19.2 Å². The maximum absolute atomic E-state index is 12.4. The first-order valence-electron chi connectivity index (χ1n) is 9.91. The summed E-state index contributed by atoms with van der Waals surface area (Å²) in [5.41, 5.74) is 2.51. The van der Waals surface area contributed by atoms with E-state index in [1.807, 2.05) is 41.3 Å². The molecular weight excluding hydrogens is 368 g/mol. The molecule has 2 amide bonds. The fourth-order valence-corrected chi connectivity index (χ4v) is 3.20. The van der Waals surface area contributed by atoms with Gasteiger partial charge in [0.25, 0.3) is 5.91 Å². The molecule has 0 radical (unpaired) electrons. The van der Waals surface area contributed by atoms with Gasteiger partial charge in [0.2, 0.25) is 5.91 Å². The van der Waals surface area contributed by atoms with E-state index in [9.17, 15) is 9.59 Å². The summed E-state index contributed by atoms with van der Waals surface area (Å²) in [7, 11) is 1.61. The van der Waals surface area contributed by atoms with Crippen molar-refractivity contribution >= 4 is 17.5 Å². The highest BCUT2D eigenvalue weighted by molar-refractivity contribution is 5.92. The number of methoxy groups -OCH3 is 1. The highest BCUT2D eigenvalue weighted by Gasteiger charge is 2.22. The molecule has 1 aliphatic heterocycles. The van der Waals surface area contributed by atoms with Crippen molar-refractivity contribution in [2.24, 2.45) is 5.92 Å². The molecule has 0 fully saturated rings. The molecule has 2 aromatic carbocycles. The normalized spacial score (nSPS) is 13.5. The van der Waals surface area contributed by atoms with Gasteiger partial charge >= 0.3 is 0 Å². The van der Waals surface area contributed by atoms with E-state index in [0.717, 1.165) is 23.3 Å². The quantitative estimate of drug-likeness (QED) is 0.776. The summed E-state index contributed by atoms with van der Waals surface area (Å²) in [6, 6.07) is 12.9. The van der Waals surface area contributed by atoms with Crippen molar-refractivity contribution < 1.29 is 19.1 Å². The fourth-order valence-electron chi connectivity index (χ4n) is 3.20. The largest absolute Gasteiger partial charge is 0.497 e. The van der Waals surface area contributed by atoms with Crippen LogP contribution in [0, 0.1) is 5.92 Å². The molecule has 0 spiro atoms. The van der Waals surface area contributed by atoms with Crippen molar-refractivity contribution in [1.82, 2.24) is 4.90 Å². The predicted octanol–water partition coefficient (Wildman–Crippen LogP) is 3.64. The first-order chi connectivity index (χ1) is 13.9. The molecule has 0 bridgehead atoms. The highest BCUT2D eigenvalue weighted by Crippen LogP contribution is 2.27. The molecular formula is C23H28N2O4. The van der Waals surface area contributed by atoms with E-state index in [-0.39, 0.29) is 24.8 Å². The van der Waals surface area contributed by atoms with Gasteiger partial charge in [-0.3, -0.25) is 9.59 Å². The maximum Gasteiger partial charge on any atom is 0.260 e. The third-order valence-electron chi connectivity index (χ3n) is 4.91. The van der Waals surface area contributed by atoms with Gasteiger partial charge in [0.15, 0.2) is 6.61 Å². The number of nitrogens with zero attached hydrogens (tertiary/aromatic N) is 1. The molecule has 6 nitrogen and oxygen atoms in total. The van der Waals surface area contributed by atoms with Gasteiger partial charge in [-0.1, -0.05) is 26.0 Å². The van der Waals surface area contributed by atoms with Crippen LogP contribution in [0.2, 0.25) is 0 Å². The number of anilines is 1. The zero-order chi connectivity index (χ0) is 20.8. The Labute approximate surface area is 171 Å². The van der Waals surface area contributed by atoms with Gasteiger partial charge in [0, 0.05) is 24.3 Å². The molecule has 0 atom stereocenters. The fraction of sp³-hybridized carbons (Fsp3) is 0.391. The Morgan fingerprint density at radius 2 is 1.97 bits per heavy atom. The zero-order valence-electron chi connectivity index (χ0n) is 17.2. The Bertz CT molecular complexity index is 862. The van der Waals surface area contributed by atoms with Crippen molar-refractivity contribution in [3.8, 4) is 11.5 Å². The van der Waals surface area contributed by atoms with Crippen molar-refractivity contribution in [3.63, 3.8) is 0 Å². The van der Waals surface area contributed by atoms with Crippen molar-refractivity contribution in [1.29, 1.82) is 0 Å². The summed E-state index contributed by atoms with van der Waals surface area (Å²) in [4.78, 5) is 26.6. The van der Waals surface area contributed by atoms with Crippen LogP contribution in [0.4, 0.5) is 5.69 Å². The molecule has 1 aliphatic rings. The standard InChI is InChI=1S/C23H28N2O4/c1-16(2)10-11-25-14-18-13-19(6-9-21(18)29-15-23(25)27)24-22(26)12-17-4-7-20(28-3)8-5-17/h4-9,13,16H,10-12,14-15H2,1-3H3,(H,24,26). The second-order valence-electron chi connectivity index (χ2n) is 7.68. The molecule has 29 heavy (non-hydrogen) atoms. The first-order valence-corrected chi connectivity index (χ1v) is 9.91. The molecule has 0 saturated heterocycles. The lowest BCUT2D eigenvalue weighted by Crippen LogP contribution is -2.33. The summed E-state index contributed by atoms with van der Waals surface area (Å²) in [6.07, 6.45) is 1.22. The summed E-state index contributed by atoms with van der Waals surface area (Å²) >= 11 is 0. The van der Waals surface area contributed by atoms with Crippen LogP contribution in [-0.4, -0.2) is 37.0 Å². The summed E-state index contributed by atoms with van der Waals surface area (Å²) in [5, 5.41) is 2.94. The minimum absolute atomic E-state index is 0.00746. The number of nitrogens with one attached hydrogen (secondary N) is 1. The molecule has 1 heterocycles. The van der Waals surface area contributed by atoms with E-state index in [1.165, 1.54) is 0 Å². The van der Waals surface area contributed by atoms with Gasteiger partial charge in [-0.05, 0) is 48.2 Å². The first kappa shape index (κ1) is 20.7. The van der Waals surface area contributed by atoms with Crippen LogP contribution in [0.3, 0.4) is 0 Å². The van der Waals surface area contributed by atoms with Crippen LogP contribution in [0.1, 0.15) is 31.4 Å². The number of carbonyl (C=O) groups excluding carboxylic acids is 2. The second kappa shape index (κ2) is 9.45. The summed E-state index contributed by atoms with van der Waals surface area (Å²) in [5.74, 6) is 1.87. The number of carbonyl (C=O) groups is 2. The van der Waals surface area contributed by atoms with E-state index in [1.54, 1.807) is 13.2 Å². The molecule has 0 unspecified atom stereocenters. The van der Waals surface area contributed by atoms with Gasteiger partial charge in [-0.2, -0.15) is 0 Å². The van der Waals surface area contributed by atoms with Crippen LogP contribution in [0.5, 0.6) is 11.5 Å². The van der Waals surface area contributed by atoms with Gasteiger partial charge < -0.3 is 19.7 Å². The number of hydrogen-bond donors (Lipinski definition) is 1. The average molecular weight is 396 g/mol. The molecule has 0 aromatic heterocycles. The molecule has 3 rings (SSSR count). The summed E-state index contributed by atoms with van der Waals surface area (Å²) in [6.45, 7) is 5.52. The van der Waals surface area contributed by atoms with Crippen LogP contribution in [0.15, 0.2) is 42.5 Å². The molecule has 0 aliphatic carbocycles. The highest BCUT2D eigenvalue weighted by atomic mass is 16.5. The van der Waals surface area contributed by atoms with Gasteiger partial charge in [0.05, 0.1) is 13.5 Å². The third kappa shape index (κ3) is 5.73. The molecule has 154 valence electrons. The minimum Gasteiger partial charge on any atom is -0.497 e. The van der Waals surface area contributed by atoms with Crippen LogP contribution in [0.25, 0.3) is 0 Å². The lowest BCUT2D eigenvalue weighted by atomic mass is 10.1. The Kier molecular flexibility index (Phi) is 6.75. The SMILES string of the molecule is COc1ccc(CC(=O)Nc2ccc3c(c2)CN(CCC(C)C)C(=O)CO3)cc1. The van der Waals surface area contributed by atoms with Crippen molar-refractivity contribution in [2.45, 2.75) is 33.2 Å². The Morgan fingerprint density at radius 1 is 1.21 bits per heavy atom. The van der Waals surface area contributed by atoms with E-state index < -0.39 is 0 Å². The number of rotatable bonds is 7. The number of fused-ring (bicyclic) bond motifs is 1. The second-order valence-corrected chi connectivity index (χ2v) is 7.68. The number of benzene rings is 2. The topological polar surface area (TPSA) is 67.9 Å². The Balaban J connectivity index is 1.66. The molecule has 0 saturated carbocycles. The minimum atomic E-state index is -0.0996. The van der Waals surface area contributed by atoms with E-state index >= 15 is 0 Å². The number of ether oxygens (including phenoxy) is 2. The van der Waals surface area contributed by atoms with Crippen LogP contribution < -0.4 is 14.8 Å². The van der Waals surface area contributed by atoms with E-state index in [0.29, 0.717) is 30.4 Å². The summed E-state index contributed by atoms with van der Waals surface area (Å²) < 4.78 is 10.8. The van der Waals surface area contributed by atoms with Crippen LogP contribution >= 0.6 is 0 Å². The van der Waals surface area contributed by atoms with Gasteiger partial charge in [-0.25, -0.2) is 0 Å². The molecule has 1 N–H and O–H groups in total. The Morgan fingerprint density at radius 3 is 2.66 bits per heavy atom. The van der Waals surface area contributed by atoms with Crippen LogP contribution in [-0.2, 0) is 22.6 Å². The predicted molar refractivity (Wildman–Crippen MR) is 112 cm³/mol. The number of hydrogen-bond acceptors (Lipinski definition) is 4. The van der Waals surface area contributed by atoms with Crippen molar-refractivity contribution in [3.05, 3.63) is 53.6 Å². The van der Waals surface area contributed by atoms with Crippen molar-refractivity contribution in [2.75, 3.05) is 25.6 Å². The maximum atomic E-state index is 12.4. The molecule has 2 aromatic rings. The monoisotopic (exact) mass is 396 g/mol. The lowest BCUT2D eigenvalue weighted by Gasteiger charge is -2.21. The Hall–Kier alpha value is -3.02. The average Bonchev–Trinajstić information content (AvgIpc) is 2.85. The van der Waals surface area contributed by atoms with E-state index in [4.69, 9.17) is 9.47 Å². The third-order valence-corrected chi connectivity index (χ3v) is 4.91. The number of amides is 2. The van der Waals surface area contributed by atoms with Gasteiger partial charge in [0.1, 0.15) is 11.5 Å².